The fourth-order valence-corrected chi connectivity index (χ4v) is 5.22. The number of aliphatic carboxylic acids is 1. The van der Waals surface area contributed by atoms with E-state index in [1.807, 2.05) is 0 Å². The van der Waals surface area contributed by atoms with Crippen molar-refractivity contribution in [2.24, 2.45) is 5.92 Å². The van der Waals surface area contributed by atoms with Crippen LogP contribution in [0.4, 0.5) is 0 Å². The van der Waals surface area contributed by atoms with Crippen LogP contribution in [0.3, 0.4) is 0 Å². The maximum Gasteiger partial charge on any atom is 0.307 e. The summed E-state index contributed by atoms with van der Waals surface area (Å²) in [5, 5.41) is 8.77. The normalized spacial score (nSPS) is 13.8. The lowest BCUT2D eigenvalue weighted by molar-refractivity contribution is -0.141. The minimum absolute atomic E-state index is 0.0128. The van der Waals surface area contributed by atoms with Crippen LogP contribution in [0.25, 0.3) is 0 Å². The first-order chi connectivity index (χ1) is 8.16. The highest BCUT2D eigenvalue weighted by Crippen LogP contribution is 2.35. The van der Waals surface area contributed by atoms with E-state index in [0.29, 0.717) is 3.79 Å². The standard InChI is InChI=1S/C9H11BrClNO4S2/c1-5(9(13)14)4-12(2)18(15,16)6-3-7(10)17-8(6)11/h3,5H,4H2,1-2H3,(H,13,14). The fourth-order valence-electron chi connectivity index (χ4n) is 1.23. The third-order valence-corrected chi connectivity index (χ3v) is 6.22. The summed E-state index contributed by atoms with van der Waals surface area (Å²) >= 11 is 10.1. The van der Waals surface area contributed by atoms with Gasteiger partial charge in [-0.15, -0.1) is 11.3 Å². The Hall–Kier alpha value is -0.150. The van der Waals surface area contributed by atoms with Crippen molar-refractivity contribution in [3.63, 3.8) is 0 Å². The van der Waals surface area contributed by atoms with Gasteiger partial charge in [0.15, 0.2) is 0 Å². The van der Waals surface area contributed by atoms with E-state index in [2.05, 4.69) is 15.9 Å². The van der Waals surface area contributed by atoms with Gasteiger partial charge in [-0.1, -0.05) is 18.5 Å². The maximum absolute atomic E-state index is 12.2. The molecule has 0 saturated carbocycles. The molecule has 0 aliphatic rings. The van der Waals surface area contributed by atoms with Crippen molar-refractivity contribution in [3.05, 3.63) is 14.2 Å². The van der Waals surface area contributed by atoms with E-state index in [1.54, 1.807) is 0 Å². The number of hydrogen-bond donors (Lipinski definition) is 1. The highest BCUT2D eigenvalue weighted by atomic mass is 79.9. The third-order valence-electron chi connectivity index (χ3n) is 2.27. The van der Waals surface area contributed by atoms with Gasteiger partial charge in [-0.05, 0) is 22.0 Å². The van der Waals surface area contributed by atoms with Crippen molar-refractivity contribution >= 4 is 54.9 Å². The van der Waals surface area contributed by atoms with Gasteiger partial charge in [-0.2, -0.15) is 0 Å². The molecule has 0 saturated heterocycles. The smallest absolute Gasteiger partial charge is 0.307 e. The summed E-state index contributed by atoms with van der Waals surface area (Å²) in [5.74, 6) is -1.83. The first-order valence-corrected chi connectivity index (χ1v) is 8.23. The molecule has 0 radical (unpaired) electrons. The molecule has 0 bridgehead atoms. The van der Waals surface area contributed by atoms with Crippen LogP contribution in [0, 0.1) is 5.92 Å². The van der Waals surface area contributed by atoms with Gasteiger partial charge in [0.05, 0.1) is 9.70 Å². The largest absolute Gasteiger partial charge is 0.481 e. The molecule has 0 aromatic carbocycles. The van der Waals surface area contributed by atoms with Crippen LogP contribution >= 0.6 is 38.9 Å². The van der Waals surface area contributed by atoms with Crippen LogP contribution in [0.1, 0.15) is 6.92 Å². The van der Waals surface area contributed by atoms with Crippen LogP contribution in [0.15, 0.2) is 14.7 Å². The molecule has 102 valence electrons. The van der Waals surface area contributed by atoms with Gasteiger partial charge in [0, 0.05) is 13.6 Å². The second kappa shape index (κ2) is 5.87. The van der Waals surface area contributed by atoms with Gasteiger partial charge in [-0.3, -0.25) is 4.79 Å². The molecular formula is C9H11BrClNO4S2. The van der Waals surface area contributed by atoms with Crippen LogP contribution in [0.2, 0.25) is 4.34 Å². The Morgan fingerprint density at radius 3 is 2.61 bits per heavy atom. The number of carbonyl (C=O) groups is 1. The predicted molar refractivity (Wildman–Crippen MR) is 73.6 cm³/mol. The Bertz CT molecular complexity index is 557. The van der Waals surface area contributed by atoms with Crippen molar-refractivity contribution in [1.29, 1.82) is 0 Å². The molecule has 1 N–H and O–H groups in total. The summed E-state index contributed by atoms with van der Waals surface area (Å²) in [6.07, 6.45) is 0. The van der Waals surface area contributed by atoms with Gasteiger partial charge in [0.25, 0.3) is 0 Å². The number of carboxylic acids is 1. The summed E-state index contributed by atoms with van der Waals surface area (Å²) < 4.78 is 26.1. The predicted octanol–water partition coefficient (Wildman–Crippen LogP) is 2.51. The molecule has 0 aliphatic heterocycles. The molecular weight excluding hydrogens is 366 g/mol. The molecule has 1 unspecified atom stereocenters. The first kappa shape index (κ1) is 15.9. The summed E-state index contributed by atoms with van der Waals surface area (Å²) in [4.78, 5) is 10.7. The van der Waals surface area contributed by atoms with Gasteiger partial charge < -0.3 is 5.11 Å². The molecule has 1 aromatic heterocycles. The van der Waals surface area contributed by atoms with E-state index in [-0.39, 0.29) is 15.8 Å². The van der Waals surface area contributed by atoms with E-state index in [1.165, 1.54) is 20.0 Å². The van der Waals surface area contributed by atoms with Crippen LogP contribution in [-0.2, 0) is 14.8 Å². The number of hydrogen-bond acceptors (Lipinski definition) is 4. The van der Waals surface area contributed by atoms with Gasteiger partial charge >= 0.3 is 5.97 Å². The molecule has 1 rings (SSSR count). The zero-order chi connectivity index (χ0) is 14.1. The molecule has 0 spiro atoms. The Labute approximate surface area is 123 Å². The maximum atomic E-state index is 12.2. The molecule has 9 heteroatoms. The van der Waals surface area contributed by atoms with E-state index >= 15 is 0 Å². The topological polar surface area (TPSA) is 74.7 Å². The fraction of sp³-hybridized carbons (Fsp3) is 0.444. The number of rotatable bonds is 5. The Kier molecular flexibility index (Phi) is 5.19. The Morgan fingerprint density at radius 1 is 1.67 bits per heavy atom. The SMILES string of the molecule is CC(CN(C)S(=O)(=O)c1cc(Br)sc1Cl)C(=O)O. The Morgan fingerprint density at radius 2 is 2.22 bits per heavy atom. The molecule has 1 aromatic rings. The van der Waals surface area contributed by atoms with Crippen molar-refractivity contribution in [3.8, 4) is 0 Å². The van der Waals surface area contributed by atoms with Crippen molar-refractivity contribution < 1.29 is 18.3 Å². The second-order valence-corrected chi connectivity index (χ2v) is 8.76. The van der Waals surface area contributed by atoms with Crippen LogP contribution in [0.5, 0.6) is 0 Å². The van der Waals surface area contributed by atoms with E-state index in [9.17, 15) is 13.2 Å². The minimum atomic E-state index is -3.76. The second-order valence-electron chi connectivity index (χ2n) is 3.71. The molecule has 18 heavy (non-hydrogen) atoms. The quantitative estimate of drug-likeness (QED) is 0.857. The monoisotopic (exact) mass is 375 g/mol. The molecule has 0 amide bonds. The average molecular weight is 377 g/mol. The summed E-state index contributed by atoms with van der Waals surface area (Å²) in [7, 11) is -2.43. The van der Waals surface area contributed by atoms with Crippen molar-refractivity contribution in [2.75, 3.05) is 13.6 Å². The number of sulfonamides is 1. The summed E-state index contributed by atoms with van der Waals surface area (Å²) in [6.45, 7) is 1.33. The first-order valence-electron chi connectivity index (χ1n) is 4.80. The summed E-state index contributed by atoms with van der Waals surface area (Å²) in [5.41, 5.74) is 0. The van der Waals surface area contributed by atoms with E-state index in [0.717, 1.165) is 15.6 Å². The van der Waals surface area contributed by atoms with E-state index in [4.69, 9.17) is 16.7 Å². The van der Waals surface area contributed by atoms with E-state index < -0.39 is 21.9 Å². The average Bonchev–Trinajstić information content (AvgIpc) is 2.57. The zero-order valence-electron chi connectivity index (χ0n) is 9.55. The molecule has 5 nitrogen and oxygen atoms in total. The van der Waals surface area contributed by atoms with Gasteiger partial charge in [0.2, 0.25) is 10.0 Å². The molecule has 0 aliphatic carbocycles. The molecule has 0 fully saturated rings. The van der Waals surface area contributed by atoms with Gasteiger partial charge in [0.1, 0.15) is 9.23 Å². The van der Waals surface area contributed by atoms with Gasteiger partial charge in [-0.25, -0.2) is 12.7 Å². The Balaban J connectivity index is 3.00. The number of carboxylic acid groups (broad SMARTS) is 1. The third kappa shape index (κ3) is 3.45. The van der Waals surface area contributed by atoms with Crippen LogP contribution < -0.4 is 0 Å². The van der Waals surface area contributed by atoms with Crippen LogP contribution in [-0.4, -0.2) is 37.4 Å². The highest BCUT2D eigenvalue weighted by Gasteiger charge is 2.28. The summed E-state index contributed by atoms with van der Waals surface area (Å²) in [6, 6.07) is 1.41. The van der Waals surface area contributed by atoms with Crippen molar-refractivity contribution in [2.45, 2.75) is 11.8 Å². The highest BCUT2D eigenvalue weighted by molar-refractivity contribution is 9.11. The number of halogens is 2. The lowest BCUT2D eigenvalue weighted by Crippen LogP contribution is -2.33. The molecule has 1 heterocycles. The zero-order valence-corrected chi connectivity index (χ0v) is 13.5. The van der Waals surface area contributed by atoms with Crippen molar-refractivity contribution in [1.82, 2.24) is 4.31 Å². The minimum Gasteiger partial charge on any atom is -0.481 e. The number of nitrogens with zero attached hydrogens (tertiary/aromatic N) is 1. The molecule has 1 atom stereocenters. The lowest BCUT2D eigenvalue weighted by atomic mass is 10.2. The number of thiophene rings is 1. The lowest BCUT2D eigenvalue weighted by Gasteiger charge is -2.18.